The van der Waals surface area contributed by atoms with E-state index in [2.05, 4.69) is 15.5 Å². The van der Waals surface area contributed by atoms with Crippen LogP contribution >= 0.6 is 0 Å². The van der Waals surface area contributed by atoms with E-state index in [9.17, 15) is 10.2 Å². The van der Waals surface area contributed by atoms with Gasteiger partial charge in [0.2, 0.25) is 5.75 Å². The number of phenolic OH excluding ortho intramolecular Hbond substituents is 3. The molecule has 0 spiro atoms. The van der Waals surface area contributed by atoms with Crippen molar-refractivity contribution in [3.8, 4) is 17.2 Å². The number of rotatable bonds is 4. The Morgan fingerprint density at radius 3 is 2.65 bits per heavy atom. The molecule has 0 aliphatic rings. The number of H-pyrrole nitrogens is 1. The summed E-state index contributed by atoms with van der Waals surface area (Å²) in [7, 11) is 0. The fraction of sp³-hybridized carbons (Fsp3) is 0.182. The third-order valence-corrected chi connectivity index (χ3v) is 2.41. The van der Waals surface area contributed by atoms with E-state index >= 15 is 0 Å². The zero-order valence-electron chi connectivity index (χ0n) is 9.01. The van der Waals surface area contributed by atoms with Crippen LogP contribution in [0, 0.1) is 0 Å². The Morgan fingerprint density at radius 1 is 1.12 bits per heavy atom. The summed E-state index contributed by atoms with van der Waals surface area (Å²) in [6, 6.07) is 2.89. The van der Waals surface area contributed by atoms with Gasteiger partial charge in [0.25, 0.3) is 0 Å². The normalized spacial score (nSPS) is 10.6. The van der Waals surface area contributed by atoms with Gasteiger partial charge in [0.15, 0.2) is 11.5 Å². The van der Waals surface area contributed by atoms with Crippen LogP contribution in [0.5, 0.6) is 17.2 Å². The Kier molecular flexibility index (Phi) is 3.15. The highest BCUT2D eigenvalue weighted by atomic mass is 16.3. The van der Waals surface area contributed by atoms with Crippen LogP contribution in [0.4, 0.5) is 0 Å². The molecule has 1 heterocycles. The summed E-state index contributed by atoms with van der Waals surface area (Å²) in [5.74, 6) is -1.13. The molecule has 0 amide bonds. The number of hydrogen-bond donors (Lipinski definition) is 5. The van der Waals surface area contributed by atoms with Crippen LogP contribution in [0.1, 0.15) is 11.1 Å². The molecule has 0 aliphatic heterocycles. The van der Waals surface area contributed by atoms with E-state index in [-0.39, 0.29) is 11.5 Å². The quantitative estimate of drug-likeness (QED) is 0.505. The van der Waals surface area contributed by atoms with E-state index in [0.717, 1.165) is 5.56 Å². The first-order valence-corrected chi connectivity index (χ1v) is 5.09. The van der Waals surface area contributed by atoms with Crippen molar-refractivity contribution in [1.29, 1.82) is 0 Å². The average molecular weight is 235 g/mol. The topological polar surface area (TPSA) is 101 Å². The van der Waals surface area contributed by atoms with Crippen LogP contribution in [0.15, 0.2) is 24.5 Å². The molecule has 90 valence electrons. The molecule has 0 atom stereocenters. The van der Waals surface area contributed by atoms with Gasteiger partial charge >= 0.3 is 0 Å². The first-order chi connectivity index (χ1) is 8.18. The third kappa shape index (κ3) is 2.48. The van der Waals surface area contributed by atoms with Crippen molar-refractivity contribution >= 4 is 0 Å². The maximum Gasteiger partial charge on any atom is 0.200 e. The predicted molar refractivity (Wildman–Crippen MR) is 60.6 cm³/mol. The van der Waals surface area contributed by atoms with Crippen LogP contribution in [0.2, 0.25) is 0 Å². The van der Waals surface area contributed by atoms with Crippen molar-refractivity contribution in [2.24, 2.45) is 0 Å². The molecule has 1 aromatic carbocycles. The van der Waals surface area contributed by atoms with Crippen LogP contribution in [0.3, 0.4) is 0 Å². The van der Waals surface area contributed by atoms with Gasteiger partial charge in [-0.15, -0.1) is 0 Å². The Labute approximate surface area is 97.5 Å². The summed E-state index contributed by atoms with van der Waals surface area (Å²) < 4.78 is 0. The van der Waals surface area contributed by atoms with Crippen molar-refractivity contribution in [3.05, 3.63) is 35.7 Å². The molecular weight excluding hydrogens is 222 g/mol. The SMILES string of the molecule is Oc1ccc(CNCc2cn[nH]c2)c(O)c1O. The zero-order valence-corrected chi connectivity index (χ0v) is 9.01. The minimum Gasteiger partial charge on any atom is -0.504 e. The number of nitrogens with zero attached hydrogens (tertiary/aromatic N) is 1. The lowest BCUT2D eigenvalue weighted by molar-refractivity contribution is 0.364. The van der Waals surface area contributed by atoms with Gasteiger partial charge in [0.05, 0.1) is 6.20 Å². The van der Waals surface area contributed by atoms with Crippen LogP contribution in [-0.4, -0.2) is 25.5 Å². The summed E-state index contributed by atoms with van der Waals surface area (Å²) in [6.07, 6.45) is 3.46. The molecule has 1 aromatic heterocycles. The van der Waals surface area contributed by atoms with E-state index < -0.39 is 5.75 Å². The summed E-state index contributed by atoms with van der Waals surface area (Å²) in [5, 5.41) is 37.6. The molecule has 0 radical (unpaired) electrons. The van der Waals surface area contributed by atoms with Crippen LogP contribution in [-0.2, 0) is 13.1 Å². The number of aromatic nitrogens is 2. The molecular formula is C11H13N3O3. The standard InChI is InChI=1S/C11H13N3O3/c15-9-2-1-8(10(16)11(9)17)6-12-3-7-4-13-14-5-7/h1-2,4-5,12,15-17H,3,6H2,(H,13,14). The van der Waals surface area contributed by atoms with E-state index in [1.807, 2.05) is 0 Å². The van der Waals surface area contributed by atoms with Crippen molar-refractivity contribution in [1.82, 2.24) is 15.5 Å². The summed E-state index contributed by atoms with van der Waals surface area (Å²) in [5.41, 5.74) is 1.51. The fourth-order valence-electron chi connectivity index (χ4n) is 1.47. The number of benzene rings is 1. The van der Waals surface area contributed by atoms with E-state index in [4.69, 9.17) is 5.11 Å². The molecule has 17 heavy (non-hydrogen) atoms. The highest BCUT2D eigenvalue weighted by Gasteiger charge is 2.10. The van der Waals surface area contributed by atoms with Crippen molar-refractivity contribution in [3.63, 3.8) is 0 Å². The number of hydrogen-bond acceptors (Lipinski definition) is 5. The van der Waals surface area contributed by atoms with E-state index in [1.165, 1.54) is 6.07 Å². The summed E-state index contributed by atoms with van der Waals surface area (Å²) in [4.78, 5) is 0. The van der Waals surface area contributed by atoms with Crippen molar-refractivity contribution in [2.45, 2.75) is 13.1 Å². The summed E-state index contributed by atoms with van der Waals surface area (Å²) >= 11 is 0. The largest absolute Gasteiger partial charge is 0.504 e. The Balaban J connectivity index is 1.97. The third-order valence-electron chi connectivity index (χ3n) is 2.41. The second kappa shape index (κ2) is 4.75. The lowest BCUT2D eigenvalue weighted by Crippen LogP contribution is -2.12. The molecule has 0 fully saturated rings. The minimum atomic E-state index is -0.493. The van der Waals surface area contributed by atoms with Crippen LogP contribution < -0.4 is 5.32 Å². The monoisotopic (exact) mass is 235 g/mol. The second-order valence-electron chi connectivity index (χ2n) is 3.65. The Morgan fingerprint density at radius 2 is 1.94 bits per heavy atom. The van der Waals surface area contributed by atoms with Gasteiger partial charge in [0.1, 0.15) is 0 Å². The van der Waals surface area contributed by atoms with Gasteiger partial charge in [-0.05, 0) is 6.07 Å². The fourth-order valence-corrected chi connectivity index (χ4v) is 1.47. The number of phenols is 3. The van der Waals surface area contributed by atoms with E-state index in [0.29, 0.717) is 18.7 Å². The van der Waals surface area contributed by atoms with Crippen LogP contribution in [0.25, 0.3) is 0 Å². The molecule has 0 saturated heterocycles. The van der Waals surface area contributed by atoms with Crippen molar-refractivity contribution in [2.75, 3.05) is 0 Å². The predicted octanol–water partition coefficient (Wildman–Crippen LogP) is 0.816. The lowest BCUT2D eigenvalue weighted by atomic mass is 10.1. The van der Waals surface area contributed by atoms with Gasteiger partial charge in [0, 0.05) is 30.4 Å². The minimum absolute atomic E-state index is 0.301. The molecule has 2 aromatic rings. The maximum absolute atomic E-state index is 9.57. The zero-order chi connectivity index (χ0) is 12.3. The molecule has 2 rings (SSSR count). The van der Waals surface area contributed by atoms with Gasteiger partial charge in [-0.2, -0.15) is 5.10 Å². The summed E-state index contributed by atoms with van der Waals surface area (Å²) in [6.45, 7) is 0.975. The first kappa shape index (κ1) is 11.3. The molecule has 5 N–H and O–H groups in total. The second-order valence-corrected chi connectivity index (χ2v) is 3.65. The average Bonchev–Trinajstić information content (AvgIpc) is 2.82. The molecule has 0 aliphatic carbocycles. The maximum atomic E-state index is 9.57. The Bertz CT molecular complexity index is 497. The van der Waals surface area contributed by atoms with Crippen molar-refractivity contribution < 1.29 is 15.3 Å². The molecule has 0 unspecified atom stereocenters. The van der Waals surface area contributed by atoms with Gasteiger partial charge < -0.3 is 20.6 Å². The highest BCUT2D eigenvalue weighted by molar-refractivity contribution is 5.52. The highest BCUT2D eigenvalue weighted by Crippen LogP contribution is 2.36. The molecule has 0 saturated carbocycles. The first-order valence-electron chi connectivity index (χ1n) is 5.09. The number of aromatic hydroxyl groups is 3. The molecule has 6 nitrogen and oxygen atoms in total. The number of aromatic amines is 1. The molecule has 6 heteroatoms. The lowest BCUT2D eigenvalue weighted by Gasteiger charge is -2.08. The molecule has 0 bridgehead atoms. The van der Waals surface area contributed by atoms with Gasteiger partial charge in [-0.3, -0.25) is 5.10 Å². The van der Waals surface area contributed by atoms with E-state index in [1.54, 1.807) is 18.5 Å². The van der Waals surface area contributed by atoms with Gasteiger partial charge in [-0.25, -0.2) is 0 Å². The number of nitrogens with one attached hydrogen (secondary N) is 2. The van der Waals surface area contributed by atoms with Gasteiger partial charge in [-0.1, -0.05) is 6.07 Å². The Hall–Kier alpha value is -2.21. The smallest absolute Gasteiger partial charge is 0.200 e.